The van der Waals surface area contributed by atoms with Gasteiger partial charge in [0.1, 0.15) is 0 Å². The SMILES string of the molecule is C#CC1(O)C=CC(=O)C(CCCC)=C1. The molecule has 0 aromatic rings. The van der Waals surface area contributed by atoms with Gasteiger partial charge in [0, 0.05) is 0 Å². The lowest BCUT2D eigenvalue weighted by atomic mass is 9.90. The van der Waals surface area contributed by atoms with Gasteiger partial charge in [0.25, 0.3) is 0 Å². The lowest BCUT2D eigenvalue weighted by Gasteiger charge is -2.18. The van der Waals surface area contributed by atoms with Crippen LogP contribution in [0.15, 0.2) is 23.8 Å². The first-order valence-electron chi connectivity index (χ1n) is 4.77. The maximum absolute atomic E-state index is 11.4. The largest absolute Gasteiger partial charge is 0.370 e. The number of ketones is 1. The molecule has 0 saturated heterocycles. The number of hydrogen-bond acceptors (Lipinski definition) is 2. The van der Waals surface area contributed by atoms with Gasteiger partial charge in [-0.3, -0.25) is 4.79 Å². The predicted molar refractivity (Wildman–Crippen MR) is 55.5 cm³/mol. The number of carbonyl (C=O) groups is 1. The molecule has 1 N–H and O–H groups in total. The van der Waals surface area contributed by atoms with Gasteiger partial charge in [-0.05, 0) is 36.6 Å². The van der Waals surface area contributed by atoms with E-state index in [1.54, 1.807) is 0 Å². The molecule has 2 heteroatoms. The van der Waals surface area contributed by atoms with Gasteiger partial charge in [-0.15, -0.1) is 6.42 Å². The van der Waals surface area contributed by atoms with Crippen molar-refractivity contribution in [2.75, 3.05) is 0 Å². The van der Waals surface area contributed by atoms with Crippen LogP contribution < -0.4 is 0 Å². The number of unbranched alkanes of at least 4 members (excludes halogenated alkanes) is 1. The summed E-state index contributed by atoms with van der Waals surface area (Å²) in [5.41, 5.74) is -0.744. The number of allylic oxidation sites excluding steroid dienone is 2. The maximum atomic E-state index is 11.4. The minimum absolute atomic E-state index is 0.0432. The van der Waals surface area contributed by atoms with E-state index >= 15 is 0 Å². The summed E-state index contributed by atoms with van der Waals surface area (Å²) < 4.78 is 0. The molecule has 1 aliphatic rings. The van der Waals surface area contributed by atoms with Gasteiger partial charge in [-0.25, -0.2) is 0 Å². The van der Waals surface area contributed by atoms with Crippen molar-refractivity contribution in [1.82, 2.24) is 0 Å². The second-order valence-corrected chi connectivity index (χ2v) is 3.44. The molecule has 2 nitrogen and oxygen atoms in total. The summed E-state index contributed by atoms with van der Waals surface area (Å²) >= 11 is 0. The molecule has 74 valence electrons. The lowest BCUT2D eigenvalue weighted by molar-refractivity contribution is -0.111. The molecule has 0 spiro atoms. The van der Waals surface area contributed by atoms with Crippen molar-refractivity contribution in [1.29, 1.82) is 0 Å². The number of carbonyl (C=O) groups excluding carboxylic acids is 1. The first-order valence-corrected chi connectivity index (χ1v) is 4.77. The van der Waals surface area contributed by atoms with Crippen LogP contribution in [0, 0.1) is 12.3 Å². The van der Waals surface area contributed by atoms with E-state index in [0.717, 1.165) is 12.8 Å². The van der Waals surface area contributed by atoms with Crippen molar-refractivity contribution >= 4 is 5.78 Å². The third-order valence-electron chi connectivity index (χ3n) is 2.23. The highest BCUT2D eigenvalue weighted by Crippen LogP contribution is 2.21. The highest BCUT2D eigenvalue weighted by Gasteiger charge is 2.24. The topological polar surface area (TPSA) is 37.3 Å². The Morgan fingerprint density at radius 2 is 2.36 bits per heavy atom. The van der Waals surface area contributed by atoms with E-state index in [1.807, 2.05) is 0 Å². The zero-order valence-electron chi connectivity index (χ0n) is 8.29. The second-order valence-electron chi connectivity index (χ2n) is 3.44. The van der Waals surface area contributed by atoms with Gasteiger partial charge < -0.3 is 5.11 Å². The molecule has 0 amide bonds. The van der Waals surface area contributed by atoms with Gasteiger partial charge in [-0.1, -0.05) is 19.3 Å². The van der Waals surface area contributed by atoms with E-state index < -0.39 is 5.60 Å². The molecular formula is C12H14O2. The smallest absolute Gasteiger partial charge is 0.181 e. The lowest BCUT2D eigenvalue weighted by Crippen LogP contribution is -2.25. The zero-order chi connectivity index (χ0) is 10.6. The normalized spacial score (nSPS) is 25.8. The van der Waals surface area contributed by atoms with E-state index in [4.69, 9.17) is 6.42 Å². The molecule has 1 rings (SSSR count). The van der Waals surface area contributed by atoms with Crippen LogP contribution in [0.3, 0.4) is 0 Å². The van der Waals surface area contributed by atoms with Gasteiger partial charge >= 0.3 is 0 Å². The monoisotopic (exact) mass is 190 g/mol. The quantitative estimate of drug-likeness (QED) is 0.686. The first-order chi connectivity index (χ1) is 6.61. The van der Waals surface area contributed by atoms with Crippen LogP contribution >= 0.6 is 0 Å². The molecule has 14 heavy (non-hydrogen) atoms. The average Bonchev–Trinajstić information content (AvgIpc) is 2.20. The molecule has 1 unspecified atom stereocenters. The van der Waals surface area contributed by atoms with E-state index in [2.05, 4.69) is 12.8 Å². The third kappa shape index (κ3) is 2.34. The Morgan fingerprint density at radius 3 is 2.93 bits per heavy atom. The Bertz CT molecular complexity index is 331. The summed E-state index contributed by atoms with van der Waals surface area (Å²) in [6, 6.07) is 0. The molecule has 0 aromatic heterocycles. The molecule has 0 heterocycles. The minimum Gasteiger partial charge on any atom is -0.370 e. The number of terminal acetylenes is 1. The van der Waals surface area contributed by atoms with Crippen LogP contribution in [0.25, 0.3) is 0 Å². The van der Waals surface area contributed by atoms with Gasteiger partial charge in [0.2, 0.25) is 0 Å². The average molecular weight is 190 g/mol. The summed E-state index contributed by atoms with van der Waals surface area (Å²) in [6.07, 6.45) is 12.0. The van der Waals surface area contributed by atoms with Crippen LogP contribution in [0.1, 0.15) is 26.2 Å². The fourth-order valence-corrected chi connectivity index (χ4v) is 1.35. The van der Waals surface area contributed by atoms with Crippen LogP contribution in [0.5, 0.6) is 0 Å². The molecule has 1 aliphatic carbocycles. The van der Waals surface area contributed by atoms with Gasteiger partial charge in [-0.2, -0.15) is 0 Å². The Kier molecular flexibility index (Phi) is 3.27. The highest BCUT2D eigenvalue weighted by molar-refractivity contribution is 6.05. The van der Waals surface area contributed by atoms with Crippen molar-refractivity contribution in [2.45, 2.75) is 31.8 Å². The van der Waals surface area contributed by atoms with Gasteiger partial charge in [0.05, 0.1) is 0 Å². The summed E-state index contributed by atoms with van der Waals surface area (Å²) in [6.45, 7) is 2.05. The predicted octanol–water partition coefficient (Wildman–Crippen LogP) is 1.61. The van der Waals surface area contributed by atoms with Crippen molar-refractivity contribution in [3.8, 4) is 12.3 Å². The van der Waals surface area contributed by atoms with E-state index in [9.17, 15) is 9.90 Å². The summed E-state index contributed by atoms with van der Waals surface area (Å²) in [5.74, 6) is 2.20. The van der Waals surface area contributed by atoms with E-state index in [-0.39, 0.29) is 5.78 Å². The standard InChI is InChI=1S/C12H14O2/c1-3-5-6-10-9-12(14,4-2)8-7-11(10)13/h2,7-9,14H,3,5-6H2,1H3. The molecule has 0 fully saturated rings. The molecule has 0 aliphatic heterocycles. The van der Waals surface area contributed by atoms with Crippen molar-refractivity contribution < 1.29 is 9.90 Å². The van der Waals surface area contributed by atoms with Crippen molar-refractivity contribution in [3.05, 3.63) is 23.8 Å². The minimum atomic E-state index is -1.36. The van der Waals surface area contributed by atoms with Crippen molar-refractivity contribution in [2.24, 2.45) is 0 Å². The van der Waals surface area contributed by atoms with Crippen molar-refractivity contribution in [3.63, 3.8) is 0 Å². The number of rotatable bonds is 3. The van der Waals surface area contributed by atoms with Crippen LogP contribution in [0.4, 0.5) is 0 Å². The van der Waals surface area contributed by atoms with Gasteiger partial charge in [0.15, 0.2) is 11.4 Å². The molecule has 1 atom stereocenters. The highest BCUT2D eigenvalue weighted by atomic mass is 16.3. The number of aliphatic hydroxyl groups is 1. The third-order valence-corrected chi connectivity index (χ3v) is 2.23. The van der Waals surface area contributed by atoms with Crippen LogP contribution in [0.2, 0.25) is 0 Å². The van der Waals surface area contributed by atoms with E-state index in [1.165, 1.54) is 18.2 Å². The first kappa shape index (κ1) is 10.7. The van der Waals surface area contributed by atoms with Crippen LogP contribution in [-0.2, 0) is 4.79 Å². The molecule has 0 aromatic carbocycles. The Labute approximate surface area is 84.3 Å². The molecule has 0 saturated carbocycles. The summed E-state index contributed by atoms with van der Waals surface area (Å²) in [5, 5.41) is 9.72. The summed E-state index contributed by atoms with van der Waals surface area (Å²) in [4.78, 5) is 11.4. The van der Waals surface area contributed by atoms with Crippen LogP contribution in [-0.4, -0.2) is 16.5 Å². The Hall–Kier alpha value is -1.33. The molecular weight excluding hydrogens is 176 g/mol. The number of hydrogen-bond donors (Lipinski definition) is 1. The Morgan fingerprint density at radius 1 is 1.64 bits per heavy atom. The fourth-order valence-electron chi connectivity index (χ4n) is 1.35. The maximum Gasteiger partial charge on any atom is 0.181 e. The Balaban J connectivity index is 2.82. The zero-order valence-corrected chi connectivity index (χ0v) is 8.29. The van der Waals surface area contributed by atoms with E-state index in [0.29, 0.717) is 12.0 Å². The summed E-state index contributed by atoms with van der Waals surface area (Å²) in [7, 11) is 0. The molecule has 0 bridgehead atoms. The molecule has 0 radical (unpaired) electrons. The second kappa shape index (κ2) is 4.26. The fraction of sp³-hybridized carbons (Fsp3) is 0.417.